The number of aliphatic hydroxyl groups excluding tert-OH is 1. The molecule has 0 saturated heterocycles. The number of carbonyl (C=O) groups excluding carboxylic acids is 3. The third-order valence-corrected chi connectivity index (χ3v) is 7.57. The third-order valence-electron chi connectivity index (χ3n) is 7.57. The SMILES string of the molecule is CC(C)CC(N)C(=O)NC(Cc1c[nH]c2ccccc12)C(=O)NC(Cc1c[nH]c2ccccc12)C(=O)NC(C(=O)O)C(C)O. The number of amides is 3. The lowest BCUT2D eigenvalue weighted by Gasteiger charge is -2.26. The van der Waals surface area contributed by atoms with E-state index in [4.69, 9.17) is 5.73 Å². The Balaban J connectivity index is 1.64. The van der Waals surface area contributed by atoms with Crippen LogP contribution in [0.1, 0.15) is 38.3 Å². The van der Waals surface area contributed by atoms with Crippen molar-refractivity contribution in [1.82, 2.24) is 25.9 Å². The van der Waals surface area contributed by atoms with E-state index in [0.29, 0.717) is 12.0 Å². The molecule has 234 valence electrons. The summed E-state index contributed by atoms with van der Waals surface area (Å²) in [5.74, 6) is -3.22. The van der Waals surface area contributed by atoms with Crippen LogP contribution in [-0.2, 0) is 32.0 Å². The number of fused-ring (bicyclic) bond motifs is 2. The average molecular weight is 605 g/mol. The Morgan fingerprint density at radius 1 is 0.750 bits per heavy atom. The first-order valence-corrected chi connectivity index (χ1v) is 14.6. The molecule has 0 bridgehead atoms. The van der Waals surface area contributed by atoms with E-state index in [1.165, 1.54) is 6.92 Å². The fraction of sp³-hybridized carbons (Fsp3) is 0.375. The topological polar surface area (TPSA) is 202 Å². The molecule has 0 spiro atoms. The lowest BCUT2D eigenvalue weighted by Crippen LogP contribution is -2.59. The first kappa shape index (κ1) is 32.2. The highest BCUT2D eigenvalue weighted by Gasteiger charge is 2.33. The zero-order valence-corrected chi connectivity index (χ0v) is 25.0. The van der Waals surface area contributed by atoms with Crippen LogP contribution >= 0.6 is 0 Å². The molecule has 12 heteroatoms. The van der Waals surface area contributed by atoms with E-state index in [2.05, 4.69) is 25.9 Å². The first-order chi connectivity index (χ1) is 20.9. The highest BCUT2D eigenvalue weighted by molar-refractivity contribution is 5.95. The van der Waals surface area contributed by atoms with Gasteiger partial charge in [-0.05, 0) is 42.5 Å². The molecule has 4 rings (SSSR count). The van der Waals surface area contributed by atoms with E-state index in [0.717, 1.165) is 27.4 Å². The van der Waals surface area contributed by atoms with Gasteiger partial charge in [-0.15, -0.1) is 0 Å². The van der Waals surface area contributed by atoms with E-state index in [1.807, 2.05) is 62.4 Å². The predicted molar refractivity (Wildman–Crippen MR) is 167 cm³/mol. The Hall–Kier alpha value is -4.68. The number of para-hydroxylation sites is 2. The van der Waals surface area contributed by atoms with E-state index < -0.39 is 54.0 Å². The summed E-state index contributed by atoms with van der Waals surface area (Å²) < 4.78 is 0. The molecule has 0 fully saturated rings. The van der Waals surface area contributed by atoms with Crippen LogP contribution < -0.4 is 21.7 Å². The Morgan fingerprint density at radius 3 is 1.66 bits per heavy atom. The quantitative estimate of drug-likeness (QED) is 0.107. The Morgan fingerprint density at radius 2 is 1.20 bits per heavy atom. The van der Waals surface area contributed by atoms with Gasteiger partial charge < -0.3 is 41.9 Å². The van der Waals surface area contributed by atoms with Crippen molar-refractivity contribution < 1.29 is 29.4 Å². The van der Waals surface area contributed by atoms with E-state index in [9.17, 15) is 29.4 Å². The Labute approximate surface area is 254 Å². The van der Waals surface area contributed by atoms with Crippen LogP contribution in [0.3, 0.4) is 0 Å². The summed E-state index contributed by atoms with van der Waals surface area (Å²) in [5.41, 5.74) is 9.30. The number of hydrogen-bond acceptors (Lipinski definition) is 6. The zero-order chi connectivity index (χ0) is 32.0. The smallest absolute Gasteiger partial charge is 0.328 e. The largest absolute Gasteiger partial charge is 0.480 e. The maximum Gasteiger partial charge on any atom is 0.328 e. The highest BCUT2D eigenvalue weighted by atomic mass is 16.4. The standard InChI is InChI=1S/C32H40N6O6/c1-17(2)12-23(33)29(40)36-26(13-19-15-34-24-10-6-4-8-21(19)24)30(41)37-27(31(42)38-28(18(3)39)32(43)44)14-20-16-35-25-11-7-5-9-22(20)25/h4-11,15-18,23,26-28,34-35,39H,12-14,33H2,1-3H3,(H,36,40)(H,37,41)(H,38,42)(H,43,44). The Kier molecular flexibility index (Phi) is 10.4. The fourth-order valence-corrected chi connectivity index (χ4v) is 5.27. The number of aromatic nitrogens is 2. The van der Waals surface area contributed by atoms with Crippen molar-refractivity contribution in [3.8, 4) is 0 Å². The van der Waals surface area contributed by atoms with Crippen LogP contribution in [0.4, 0.5) is 0 Å². The fourth-order valence-electron chi connectivity index (χ4n) is 5.27. The van der Waals surface area contributed by atoms with Gasteiger partial charge >= 0.3 is 5.97 Å². The van der Waals surface area contributed by atoms with Gasteiger partial charge in [0.05, 0.1) is 12.1 Å². The van der Waals surface area contributed by atoms with Crippen molar-refractivity contribution in [2.24, 2.45) is 11.7 Å². The normalized spacial score (nSPS) is 15.0. The molecule has 0 radical (unpaired) electrons. The summed E-state index contributed by atoms with van der Waals surface area (Å²) in [6.07, 6.45) is 2.61. The average Bonchev–Trinajstić information content (AvgIpc) is 3.58. The van der Waals surface area contributed by atoms with Crippen molar-refractivity contribution in [3.05, 3.63) is 72.1 Å². The molecule has 0 aliphatic heterocycles. The summed E-state index contributed by atoms with van der Waals surface area (Å²) >= 11 is 0. The molecule has 5 atom stereocenters. The molecule has 4 aromatic rings. The number of nitrogens with one attached hydrogen (secondary N) is 5. The van der Waals surface area contributed by atoms with Crippen molar-refractivity contribution in [1.29, 1.82) is 0 Å². The minimum Gasteiger partial charge on any atom is -0.480 e. The molecule has 0 aliphatic rings. The third kappa shape index (κ3) is 7.82. The molecule has 12 nitrogen and oxygen atoms in total. The van der Waals surface area contributed by atoms with Gasteiger partial charge in [-0.3, -0.25) is 14.4 Å². The summed E-state index contributed by atoms with van der Waals surface area (Å²) in [7, 11) is 0. The molecule has 2 aromatic carbocycles. The molecule has 2 aromatic heterocycles. The second kappa shape index (κ2) is 14.2. The van der Waals surface area contributed by atoms with Crippen LogP contribution in [0, 0.1) is 5.92 Å². The summed E-state index contributed by atoms with van der Waals surface area (Å²) in [6.45, 7) is 5.13. The van der Waals surface area contributed by atoms with Gasteiger partial charge in [0, 0.05) is 47.0 Å². The number of carboxylic acids is 1. The van der Waals surface area contributed by atoms with Gasteiger partial charge in [-0.2, -0.15) is 0 Å². The Bertz CT molecular complexity index is 1630. The van der Waals surface area contributed by atoms with Crippen LogP contribution in [0.25, 0.3) is 21.8 Å². The zero-order valence-electron chi connectivity index (χ0n) is 25.0. The lowest BCUT2D eigenvalue weighted by molar-refractivity contribution is -0.145. The summed E-state index contributed by atoms with van der Waals surface area (Å²) in [6, 6.07) is 10.2. The predicted octanol–water partition coefficient (Wildman–Crippen LogP) is 1.73. The number of aliphatic carboxylic acids is 1. The second-order valence-corrected chi connectivity index (χ2v) is 11.6. The van der Waals surface area contributed by atoms with Crippen molar-refractivity contribution in [2.75, 3.05) is 0 Å². The molecule has 0 saturated carbocycles. The van der Waals surface area contributed by atoms with Gasteiger partial charge in [0.25, 0.3) is 0 Å². The van der Waals surface area contributed by atoms with Gasteiger partial charge in [-0.1, -0.05) is 50.2 Å². The highest BCUT2D eigenvalue weighted by Crippen LogP contribution is 2.21. The monoisotopic (exact) mass is 604 g/mol. The number of carboxylic acid groups (broad SMARTS) is 1. The number of benzene rings is 2. The first-order valence-electron chi connectivity index (χ1n) is 14.6. The number of carbonyl (C=O) groups is 4. The van der Waals surface area contributed by atoms with E-state index in [-0.39, 0.29) is 18.8 Å². The van der Waals surface area contributed by atoms with Crippen molar-refractivity contribution >= 4 is 45.5 Å². The van der Waals surface area contributed by atoms with Gasteiger partial charge in [-0.25, -0.2) is 4.79 Å². The number of nitrogens with two attached hydrogens (primary N) is 1. The molecular formula is C32H40N6O6. The van der Waals surface area contributed by atoms with Crippen LogP contribution in [0.5, 0.6) is 0 Å². The number of aliphatic hydroxyl groups is 1. The molecule has 9 N–H and O–H groups in total. The molecule has 2 heterocycles. The van der Waals surface area contributed by atoms with E-state index in [1.54, 1.807) is 12.4 Å². The number of H-pyrrole nitrogens is 2. The van der Waals surface area contributed by atoms with Crippen LogP contribution in [0.15, 0.2) is 60.9 Å². The van der Waals surface area contributed by atoms with Crippen LogP contribution in [0.2, 0.25) is 0 Å². The lowest BCUT2D eigenvalue weighted by atomic mass is 10.00. The maximum absolute atomic E-state index is 13.9. The molecule has 5 unspecified atom stereocenters. The number of rotatable bonds is 14. The minimum atomic E-state index is -1.60. The van der Waals surface area contributed by atoms with Gasteiger partial charge in [0.1, 0.15) is 12.1 Å². The molecule has 0 aliphatic carbocycles. The maximum atomic E-state index is 13.9. The molecule has 44 heavy (non-hydrogen) atoms. The summed E-state index contributed by atoms with van der Waals surface area (Å²) in [4.78, 5) is 58.6. The van der Waals surface area contributed by atoms with Gasteiger partial charge in [0.2, 0.25) is 17.7 Å². The summed E-state index contributed by atoms with van der Waals surface area (Å²) in [5, 5.41) is 29.1. The van der Waals surface area contributed by atoms with Crippen LogP contribution in [-0.4, -0.2) is 74.1 Å². The molecular weight excluding hydrogens is 564 g/mol. The number of aromatic amines is 2. The second-order valence-electron chi connectivity index (χ2n) is 11.6. The number of hydrogen-bond donors (Lipinski definition) is 8. The van der Waals surface area contributed by atoms with Crippen molar-refractivity contribution in [2.45, 2.75) is 70.3 Å². The van der Waals surface area contributed by atoms with Crippen molar-refractivity contribution in [3.63, 3.8) is 0 Å². The molecule has 3 amide bonds. The van der Waals surface area contributed by atoms with Gasteiger partial charge in [0.15, 0.2) is 6.04 Å². The van der Waals surface area contributed by atoms with E-state index >= 15 is 0 Å². The minimum absolute atomic E-state index is 0.00828.